The second-order valence-corrected chi connectivity index (χ2v) is 7.55. The minimum atomic E-state index is -3.81. The number of carbonyl (C=O) groups is 1. The first-order valence-corrected chi connectivity index (χ1v) is 8.53. The van der Waals surface area contributed by atoms with Crippen LogP contribution >= 0.6 is 27.5 Å². The average molecular weight is 383 g/mol. The maximum absolute atomic E-state index is 12.6. The Morgan fingerprint density at radius 3 is 2.80 bits per heavy atom. The Kier molecular flexibility index (Phi) is 4.73. The Bertz CT molecular complexity index is 634. The summed E-state index contributed by atoms with van der Waals surface area (Å²) in [6.07, 6.45) is 1.08. The smallest absolute Gasteiger partial charge is 0.324 e. The van der Waals surface area contributed by atoms with Crippen molar-refractivity contribution in [3.63, 3.8) is 0 Å². The van der Waals surface area contributed by atoms with E-state index in [9.17, 15) is 13.2 Å². The Labute approximate surface area is 131 Å². The number of ether oxygens (including phenoxy) is 1. The maximum atomic E-state index is 12.6. The van der Waals surface area contributed by atoms with Gasteiger partial charge in [0, 0.05) is 11.0 Å². The third kappa shape index (κ3) is 2.86. The fourth-order valence-electron chi connectivity index (χ4n) is 2.21. The number of rotatable bonds is 3. The van der Waals surface area contributed by atoms with E-state index < -0.39 is 22.0 Å². The number of sulfonamides is 1. The van der Waals surface area contributed by atoms with E-state index in [-0.39, 0.29) is 16.5 Å². The molecule has 0 amide bonds. The normalized spacial score (nSPS) is 20.1. The van der Waals surface area contributed by atoms with Crippen molar-refractivity contribution in [1.29, 1.82) is 0 Å². The predicted octanol–water partition coefficient (Wildman–Crippen LogP) is 2.43. The Hall–Kier alpha value is -0.630. The Morgan fingerprint density at radius 2 is 2.20 bits per heavy atom. The van der Waals surface area contributed by atoms with E-state index in [1.54, 1.807) is 6.07 Å². The monoisotopic (exact) mass is 381 g/mol. The van der Waals surface area contributed by atoms with Gasteiger partial charge in [0.25, 0.3) is 0 Å². The standard InChI is InChI=1S/C12H13BrClNO4S/c1-19-12(16)10-3-2-6-15(10)20(17,18)11-5-4-8(13)7-9(11)14/h4-5,7,10H,2-3,6H2,1H3. The van der Waals surface area contributed by atoms with Crippen molar-refractivity contribution in [2.45, 2.75) is 23.8 Å². The van der Waals surface area contributed by atoms with Crippen molar-refractivity contribution in [1.82, 2.24) is 4.31 Å². The van der Waals surface area contributed by atoms with E-state index >= 15 is 0 Å². The molecule has 0 bridgehead atoms. The molecule has 2 rings (SSSR count). The molecule has 1 saturated heterocycles. The van der Waals surface area contributed by atoms with Gasteiger partial charge in [0.05, 0.1) is 12.1 Å². The van der Waals surface area contributed by atoms with Crippen LogP contribution in [0, 0.1) is 0 Å². The first-order valence-electron chi connectivity index (χ1n) is 5.92. The van der Waals surface area contributed by atoms with Crippen LogP contribution in [0.3, 0.4) is 0 Å². The quantitative estimate of drug-likeness (QED) is 0.753. The van der Waals surface area contributed by atoms with Gasteiger partial charge in [-0.3, -0.25) is 4.79 Å². The summed E-state index contributed by atoms with van der Waals surface area (Å²) in [5.41, 5.74) is 0. The van der Waals surface area contributed by atoms with E-state index in [0.29, 0.717) is 17.3 Å². The molecule has 0 radical (unpaired) electrons. The topological polar surface area (TPSA) is 63.7 Å². The number of esters is 1. The molecule has 0 spiro atoms. The van der Waals surface area contributed by atoms with Crippen LogP contribution in [0.25, 0.3) is 0 Å². The molecule has 20 heavy (non-hydrogen) atoms. The number of carbonyl (C=O) groups excluding carboxylic acids is 1. The molecule has 1 unspecified atom stereocenters. The number of hydrogen-bond donors (Lipinski definition) is 0. The van der Waals surface area contributed by atoms with E-state index in [2.05, 4.69) is 20.7 Å². The van der Waals surface area contributed by atoms with E-state index in [1.807, 2.05) is 0 Å². The lowest BCUT2D eigenvalue weighted by Crippen LogP contribution is -2.41. The number of nitrogens with zero attached hydrogens (tertiary/aromatic N) is 1. The molecule has 0 aromatic heterocycles. The second kappa shape index (κ2) is 6.01. The van der Waals surface area contributed by atoms with E-state index in [4.69, 9.17) is 11.6 Å². The van der Waals surface area contributed by atoms with Crippen molar-refractivity contribution in [2.75, 3.05) is 13.7 Å². The second-order valence-electron chi connectivity index (χ2n) is 4.37. The molecule has 1 aliphatic heterocycles. The summed E-state index contributed by atoms with van der Waals surface area (Å²) in [4.78, 5) is 11.7. The number of hydrogen-bond acceptors (Lipinski definition) is 4. The van der Waals surface area contributed by atoms with Gasteiger partial charge in [-0.15, -0.1) is 0 Å². The third-order valence-corrected chi connectivity index (χ3v) is 6.04. The largest absolute Gasteiger partial charge is 0.468 e. The Balaban J connectivity index is 2.41. The molecule has 0 N–H and O–H groups in total. The van der Waals surface area contributed by atoms with Gasteiger partial charge in [-0.1, -0.05) is 27.5 Å². The van der Waals surface area contributed by atoms with Crippen LogP contribution in [-0.4, -0.2) is 38.4 Å². The molecule has 1 fully saturated rings. The molecule has 5 nitrogen and oxygen atoms in total. The van der Waals surface area contributed by atoms with Crippen LogP contribution in [0.5, 0.6) is 0 Å². The SMILES string of the molecule is COC(=O)C1CCCN1S(=O)(=O)c1ccc(Br)cc1Cl. The lowest BCUT2D eigenvalue weighted by Gasteiger charge is -2.22. The summed E-state index contributed by atoms with van der Waals surface area (Å²) in [5, 5.41) is 0.120. The molecule has 0 saturated carbocycles. The van der Waals surface area contributed by atoms with Crippen LogP contribution in [-0.2, 0) is 19.6 Å². The zero-order chi connectivity index (χ0) is 14.9. The third-order valence-electron chi connectivity index (χ3n) is 3.16. The van der Waals surface area contributed by atoms with Crippen molar-refractivity contribution in [2.24, 2.45) is 0 Å². The zero-order valence-electron chi connectivity index (χ0n) is 10.7. The molecule has 1 aromatic carbocycles. The summed E-state index contributed by atoms with van der Waals surface area (Å²) in [6, 6.07) is 3.76. The molecule has 8 heteroatoms. The van der Waals surface area contributed by atoms with Crippen LogP contribution in [0.1, 0.15) is 12.8 Å². The number of benzene rings is 1. The van der Waals surface area contributed by atoms with Gasteiger partial charge in [0.2, 0.25) is 10.0 Å². The van der Waals surface area contributed by atoms with Gasteiger partial charge >= 0.3 is 5.97 Å². The van der Waals surface area contributed by atoms with Crippen molar-refractivity contribution >= 4 is 43.5 Å². The summed E-state index contributed by atoms with van der Waals surface area (Å²) < 4.78 is 31.7. The molecule has 1 aromatic rings. The number of halogens is 2. The van der Waals surface area contributed by atoms with Crippen LogP contribution in [0.2, 0.25) is 5.02 Å². The van der Waals surface area contributed by atoms with Gasteiger partial charge in [0.15, 0.2) is 0 Å². The highest BCUT2D eigenvalue weighted by atomic mass is 79.9. The Morgan fingerprint density at radius 1 is 1.50 bits per heavy atom. The van der Waals surface area contributed by atoms with Crippen molar-refractivity contribution in [3.8, 4) is 0 Å². The fourth-order valence-corrected chi connectivity index (χ4v) is 4.87. The first-order chi connectivity index (χ1) is 9.37. The molecule has 110 valence electrons. The molecule has 1 heterocycles. The lowest BCUT2D eigenvalue weighted by molar-refractivity contribution is -0.144. The molecule has 0 aliphatic carbocycles. The fraction of sp³-hybridized carbons (Fsp3) is 0.417. The molecule has 1 atom stereocenters. The summed E-state index contributed by atoms with van der Waals surface area (Å²) >= 11 is 9.23. The van der Waals surface area contributed by atoms with Gasteiger partial charge in [-0.05, 0) is 31.0 Å². The highest BCUT2D eigenvalue weighted by Crippen LogP contribution is 2.32. The number of methoxy groups -OCH3 is 1. The van der Waals surface area contributed by atoms with E-state index in [1.165, 1.54) is 19.2 Å². The average Bonchev–Trinajstić information content (AvgIpc) is 2.87. The van der Waals surface area contributed by atoms with Crippen LogP contribution in [0.4, 0.5) is 0 Å². The van der Waals surface area contributed by atoms with Crippen LogP contribution in [0.15, 0.2) is 27.6 Å². The van der Waals surface area contributed by atoms with Gasteiger partial charge in [-0.2, -0.15) is 4.31 Å². The van der Waals surface area contributed by atoms with Gasteiger partial charge in [-0.25, -0.2) is 8.42 Å². The summed E-state index contributed by atoms with van der Waals surface area (Å²) in [7, 11) is -2.56. The van der Waals surface area contributed by atoms with Crippen molar-refractivity contribution in [3.05, 3.63) is 27.7 Å². The van der Waals surface area contributed by atoms with Crippen molar-refractivity contribution < 1.29 is 17.9 Å². The zero-order valence-corrected chi connectivity index (χ0v) is 13.8. The maximum Gasteiger partial charge on any atom is 0.324 e. The molecular weight excluding hydrogens is 370 g/mol. The minimum absolute atomic E-state index is 0.00169. The lowest BCUT2D eigenvalue weighted by atomic mass is 10.2. The minimum Gasteiger partial charge on any atom is -0.468 e. The molecule has 1 aliphatic rings. The first kappa shape index (κ1) is 15.8. The summed E-state index contributed by atoms with van der Waals surface area (Å²) in [5.74, 6) is -0.542. The molecular formula is C12H13BrClNO4S. The van der Waals surface area contributed by atoms with Gasteiger partial charge < -0.3 is 4.74 Å². The highest BCUT2D eigenvalue weighted by Gasteiger charge is 2.40. The predicted molar refractivity (Wildman–Crippen MR) is 78.1 cm³/mol. The van der Waals surface area contributed by atoms with Gasteiger partial charge in [0.1, 0.15) is 10.9 Å². The highest BCUT2D eigenvalue weighted by molar-refractivity contribution is 9.10. The summed E-state index contributed by atoms with van der Waals surface area (Å²) in [6.45, 7) is 0.286. The van der Waals surface area contributed by atoms with E-state index in [0.717, 1.165) is 4.31 Å². The van der Waals surface area contributed by atoms with Crippen LogP contribution < -0.4 is 0 Å².